The molecule has 0 unspecified atom stereocenters. The van der Waals surface area contributed by atoms with Gasteiger partial charge in [0.2, 0.25) is 0 Å². The molecule has 0 radical (unpaired) electrons. The average Bonchev–Trinajstić information content (AvgIpc) is 2.27. The van der Waals surface area contributed by atoms with Crippen molar-refractivity contribution >= 4 is 0 Å². The van der Waals surface area contributed by atoms with Crippen molar-refractivity contribution in [2.45, 2.75) is 40.5 Å². The van der Waals surface area contributed by atoms with Crippen LogP contribution in [0.4, 0.5) is 0 Å². The van der Waals surface area contributed by atoms with E-state index >= 15 is 0 Å². The van der Waals surface area contributed by atoms with E-state index in [2.05, 4.69) is 63.3 Å². The summed E-state index contributed by atoms with van der Waals surface area (Å²) in [7, 11) is 0. The zero-order valence-corrected chi connectivity index (χ0v) is 11.3. The molecule has 0 saturated carbocycles. The minimum Gasteiger partial charge on any atom is -0.316 e. The van der Waals surface area contributed by atoms with Gasteiger partial charge in [-0.2, -0.15) is 0 Å². The largest absolute Gasteiger partial charge is 0.316 e. The summed E-state index contributed by atoms with van der Waals surface area (Å²) in [4.78, 5) is 0. The van der Waals surface area contributed by atoms with Crippen LogP contribution in [-0.2, 0) is 6.42 Å². The monoisotopic (exact) mass is 223 g/mol. The molecule has 0 saturated heterocycles. The van der Waals surface area contributed by atoms with E-state index < -0.39 is 0 Å². The maximum absolute atomic E-state index is 3.43. The molecule has 0 amide bonds. The fraction of sp³-hybridized carbons (Fsp3) is 0.600. The molecular weight excluding hydrogens is 194 g/mol. The first-order valence-corrected chi connectivity index (χ1v) is 6.45. The third kappa shape index (κ3) is 9.72. The highest BCUT2D eigenvalue weighted by molar-refractivity contribution is 5.14. The molecular formula is C15H29N. The van der Waals surface area contributed by atoms with Crippen molar-refractivity contribution in [3.63, 3.8) is 0 Å². The summed E-state index contributed by atoms with van der Waals surface area (Å²) in [6.07, 6.45) is 2.38. The molecule has 1 nitrogen and oxygen atoms in total. The van der Waals surface area contributed by atoms with Gasteiger partial charge >= 0.3 is 0 Å². The van der Waals surface area contributed by atoms with Gasteiger partial charge in [0.1, 0.15) is 0 Å². The van der Waals surface area contributed by atoms with E-state index in [1.54, 1.807) is 0 Å². The topological polar surface area (TPSA) is 12.0 Å². The predicted molar refractivity (Wildman–Crippen MR) is 75.9 cm³/mol. The predicted octanol–water partition coefficient (Wildman–Crippen LogP) is 4.14. The van der Waals surface area contributed by atoms with Crippen LogP contribution in [0.2, 0.25) is 0 Å². The lowest BCUT2D eigenvalue weighted by Crippen LogP contribution is -2.22. The van der Waals surface area contributed by atoms with Crippen LogP contribution < -0.4 is 5.32 Å². The van der Waals surface area contributed by atoms with Gasteiger partial charge in [0.05, 0.1) is 0 Å². The van der Waals surface area contributed by atoms with E-state index in [1.165, 1.54) is 12.0 Å². The minimum absolute atomic E-state index is 0. The molecule has 0 aliphatic rings. The highest BCUT2D eigenvalue weighted by Crippen LogP contribution is 1.98. The third-order valence-electron chi connectivity index (χ3n) is 1.99. The normalized spacial score (nSPS) is 9.81. The van der Waals surface area contributed by atoms with Crippen LogP contribution in [0.25, 0.3) is 0 Å². The summed E-state index contributed by atoms with van der Waals surface area (Å²) < 4.78 is 0. The number of benzene rings is 1. The lowest BCUT2D eigenvalue weighted by molar-refractivity contribution is 0.554. The number of nitrogens with one attached hydrogen (secondary N) is 1. The number of rotatable bonds is 5. The molecule has 1 aromatic rings. The van der Waals surface area contributed by atoms with Crippen molar-refractivity contribution < 1.29 is 1.43 Å². The molecule has 0 aromatic heterocycles. The van der Waals surface area contributed by atoms with Crippen LogP contribution in [0.3, 0.4) is 0 Å². The second kappa shape index (κ2) is 10.7. The Bertz CT molecular complexity index is 234. The van der Waals surface area contributed by atoms with Gasteiger partial charge in [0.25, 0.3) is 0 Å². The SMILES string of the molecule is CC(C)CNCCc1ccccc1.CCC.[HH]. The Labute approximate surface area is 103 Å². The highest BCUT2D eigenvalue weighted by atomic mass is 14.8. The van der Waals surface area contributed by atoms with Crippen LogP contribution >= 0.6 is 0 Å². The molecule has 0 spiro atoms. The molecule has 0 bridgehead atoms. The summed E-state index contributed by atoms with van der Waals surface area (Å²) >= 11 is 0. The Kier molecular flexibility index (Phi) is 10.1. The van der Waals surface area contributed by atoms with Gasteiger partial charge in [0, 0.05) is 1.43 Å². The molecule has 0 fully saturated rings. The Morgan fingerprint density at radius 1 is 1.12 bits per heavy atom. The second-order valence-electron chi connectivity index (χ2n) is 4.54. The fourth-order valence-corrected chi connectivity index (χ4v) is 1.27. The summed E-state index contributed by atoms with van der Waals surface area (Å²) in [5, 5.41) is 3.43. The first-order chi connectivity index (χ1) is 7.70. The Morgan fingerprint density at radius 3 is 2.19 bits per heavy atom. The van der Waals surface area contributed by atoms with Crippen LogP contribution in [0, 0.1) is 5.92 Å². The van der Waals surface area contributed by atoms with Crippen molar-refractivity contribution in [2.24, 2.45) is 5.92 Å². The second-order valence-corrected chi connectivity index (χ2v) is 4.54. The average molecular weight is 223 g/mol. The van der Waals surface area contributed by atoms with E-state index in [1.807, 2.05) is 0 Å². The van der Waals surface area contributed by atoms with Gasteiger partial charge < -0.3 is 5.32 Å². The Morgan fingerprint density at radius 2 is 1.69 bits per heavy atom. The summed E-state index contributed by atoms with van der Waals surface area (Å²) in [5.41, 5.74) is 1.42. The quantitative estimate of drug-likeness (QED) is 0.740. The first-order valence-electron chi connectivity index (χ1n) is 6.45. The van der Waals surface area contributed by atoms with E-state index in [4.69, 9.17) is 0 Å². The summed E-state index contributed by atoms with van der Waals surface area (Å²) in [6, 6.07) is 10.6. The molecule has 16 heavy (non-hydrogen) atoms. The lowest BCUT2D eigenvalue weighted by atomic mass is 10.1. The first kappa shape index (κ1) is 15.2. The van der Waals surface area contributed by atoms with Crippen molar-refractivity contribution in [3.8, 4) is 0 Å². The minimum atomic E-state index is 0. The molecule has 0 heterocycles. The third-order valence-corrected chi connectivity index (χ3v) is 1.99. The lowest BCUT2D eigenvalue weighted by Gasteiger charge is -2.06. The maximum atomic E-state index is 3.43. The summed E-state index contributed by atoms with van der Waals surface area (Å²) in [5.74, 6) is 0.746. The van der Waals surface area contributed by atoms with Gasteiger partial charge in [-0.25, -0.2) is 0 Å². The zero-order valence-electron chi connectivity index (χ0n) is 11.3. The molecule has 1 aromatic carbocycles. The smallest absolute Gasteiger partial charge is 0 e. The molecule has 94 valence electrons. The molecule has 1 N–H and O–H groups in total. The highest BCUT2D eigenvalue weighted by Gasteiger charge is 1.93. The van der Waals surface area contributed by atoms with Gasteiger partial charge in [-0.15, -0.1) is 0 Å². The van der Waals surface area contributed by atoms with Crippen LogP contribution in [-0.4, -0.2) is 13.1 Å². The van der Waals surface area contributed by atoms with Crippen LogP contribution in [0.15, 0.2) is 30.3 Å². The van der Waals surface area contributed by atoms with E-state index in [9.17, 15) is 0 Å². The molecule has 0 aliphatic heterocycles. The van der Waals surface area contributed by atoms with Gasteiger partial charge in [-0.3, -0.25) is 0 Å². The van der Waals surface area contributed by atoms with Crippen LogP contribution in [0.1, 0.15) is 41.1 Å². The van der Waals surface area contributed by atoms with E-state index in [-0.39, 0.29) is 1.43 Å². The zero-order chi connectivity index (χ0) is 12.2. The molecule has 0 atom stereocenters. The van der Waals surface area contributed by atoms with E-state index in [0.717, 1.165) is 25.4 Å². The standard InChI is InChI=1S/C12H19N.C3H8.H2/c1-11(2)10-13-9-8-12-6-4-3-5-7-12;1-3-2;/h3-7,11,13H,8-10H2,1-2H3;3H2,1-2H3;1H. The van der Waals surface area contributed by atoms with E-state index in [0.29, 0.717) is 0 Å². The van der Waals surface area contributed by atoms with Crippen LogP contribution in [0.5, 0.6) is 0 Å². The van der Waals surface area contributed by atoms with Gasteiger partial charge in [-0.05, 0) is 31.0 Å². The summed E-state index contributed by atoms with van der Waals surface area (Å²) in [6.45, 7) is 10.9. The molecule has 1 heteroatoms. The maximum Gasteiger partial charge on any atom is 0 e. The van der Waals surface area contributed by atoms with Crippen molar-refractivity contribution in [1.82, 2.24) is 5.32 Å². The fourth-order valence-electron chi connectivity index (χ4n) is 1.27. The molecule has 0 aliphatic carbocycles. The van der Waals surface area contributed by atoms with Gasteiger partial charge in [-0.1, -0.05) is 64.4 Å². The number of hydrogen-bond acceptors (Lipinski definition) is 1. The molecule has 1 rings (SSSR count). The van der Waals surface area contributed by atoms with Crippen molar-refractivity contribution in [2.75, 3.05) is 13.1 Å². The Hall–Kier alpha value is -0.820. The number of hydrogen-bond donors (Lipinski definition) is 1. The Balaban J connectivity index is 0. The van der Waals surface area contributed by atoms with Crippen molar-refractivity contribution in [3.05, 3.63) is 35.9 Å². The van der Waals surface area contributed by atoms with Crippen molar-refractivity contribution in [1.29, 1.82) is 0 Å². The van der Waals surface area contributed by atoms with Gasteiger partial charge in [0.15, 0.2) is 0 Å².